The highest BCUT2D eigenvalue weighted by molar-refractivity contribution is 6.31. The van der Waals surface area contributed by atoms with Crippen LogP contribution in [-0.4, -0.2) is 15.3 Å². The Bertz CT molecular complexity index is 629. The Hall–Kier alpha value is -1.39. The lowest BCUT2D eigenvalue weighted by Crippen LogP contribution is -2.35. The summed E-state index contributed by atoms with van der Waals surface area (Å²) < 4.78 is 15.2. The first kappa shape index (κ1) is 16.0. The Morgan fingerprint density at radius 2 is 2.00 bits per heavy atom. The molecule has 1 N–H and O–H groups in total. The molecule has 0 amide bonds. The fourth-order valence-electron chi connectivity index (χ4n) is 2.00. The highest BCUT2D eigenvalue weighted by Crippen LogP contribution is 2.19. The molecule has 0 radical (unpaired) electrons. The summed E-state index contributed by atoms with van der Waals surface area (Å²) in [6, 6.07) is 4.39. The number of hydrogen-bond acceptors (Lipinski definition) is 2. The lowest BCUT2D eigenvalue weighted by Gasteiger charge is -2.20. The molecule has 0 saturated heterocycles. The van der Waals surface area contributed by atoms with Crippen molar-refractivity contribution < 1.29 is 4.39 Å². The van der Waals surface area contributed by atoms with Crippen LogP contribution in [0.4, 0.5) is 4.39 Å². The van der Waals surface area contributed by atoms with Crippen LogP contribution in [0.25, 0.3) is 0 Å². The van der Waals surface area contributed by atoms with E-state index in [1.54, 1.807) is 6.07 Å². The summed E-state index contributed by atoms with van der Waals surface area (Å²) in [7, 11) is 0. The van der Waals surface area contributed by atoms with Crippen molar-refractivity contribution in [2.75, 3.05) is 0 Å². The third kappa shape index (κ3) is 4.29. The second-order valence-electron chi connectivity index (χ2n) is 6.25. The molecular weight excluding hydrogens is 289 g/mol. The van der Waals surface area contributed by atoms with Gasteiger partial charge in [0.2, 0.25) is 0 Å². The van der Waals surface area contributed by atoms with Gasteiger partial charge in [0, 0.05) is 28.4 Å². The molecule has 21 heavy (non-hydrogen) atoms. The zero-order valence-corrected chi connectivity index (χ0v) is 13.6. The highest BCUT2D eigenvalue weighted by Gasteiger charge is 2.13. The average molecular weight is 310 g/mol. The molecule has 0 aliphatic rings. The molecular formula is C16H21ClFN3. The zero-order valence-electron chi connectivity index (χ0n) is 12.9. The number of hydrogen-bond donors (Lipinski definition) is 1. The van der Waals surface area contributed by atoms with Crippen LogP contribution >= 0.6 is 11.6 Å². The maximum absolute atomic E-state index is 13.3. The lowest BCUT2D eigenvalue weighted by atomic mass is 10.1. The van der Waals surface area contributed by atoms with Gasteiger partial charge in [-0.1, -0.05) is 11.6 Å². The first-order valence-corrected chi connectivity index (χ1v) is 7.34. The molecule has 0 aliphatic heterocycles. The lowest BCUT2D eigenvalue weighted by molar-refractivity contribution is 0.423. The summed E-state index contributed by atoms with van der Waals surface area (Å²) in [5.41, 5.74) is 2.99. The summed E-state index contributed by atoms with van der Waals surface area (Å²) in [6.07, 6.45) is 1.85. The second kappa shape index (κ2) is 6.16. The van der Waals surface area contributed by atoms with E-state index < -0.39 is 0 Å². The van der Waals surface area contributed by atoms with Gasteiger partial charge in [0.15, 0.2) is 0 Å². The van der Waals surface area contributed by atoms with Crippen molar-refractivity contribution in [3.05, 3.63) is 52.1 Å². The summed E-state index contributed by atoms with van der Waals surface area (Å²) in [5.74, 6) is -0.283. The van der Waals surface area contributed by atoms with E-state index in [0.29, 0.717) is 11.6 Å². The predicted molar refractivity (Wildman–Crippen MR) is 84.1 cm³/mol. The van der Waals surface area contributed by atoms with Crippen LogP contribution in [0.1, 0.15) is 37.6 Å². The molecule has 2 aromatic rings. The van der Waals surface area contributed by atoms with Gasteiger partial charge < -0.3 is 5.32 Å². The van der Waals surface area contributed by atoms with Crippen LogP contribution in [0.2, 0.25) is 5.02 Å². The minimum Gasteiger partial charge on any atom is -0.308 e. The highest BCUT2D eigenvalue weighted by atomic mass is 35.5. The first-order chi connectivity index (χ1) is 9.76. The number of halogens is 2. The van der Waals surface area contributed by atoms with Crippen LogP contribution in [-0.2, 0) is 13.1 Å². The molecule has 1 aromatic heterocycles. The third-order valence-electron chi connectivity index (χ3n) is 3.34. The van der Waals surface area contributed by atoms with Crippen LogP contribution in [0.5, 0.6) is 0 Å². The number of rotatable bonds is 4. The molecule has 0 unspecified atom stereocenters. The van der Waals surface area contributed by atoms with Crippen molar-refractivity contribution in [3.8, 4) is 0 Å². The van der Waals surface area contributed by atoms with E-state index in [9.17, 15) is 4.39 Å². The summed E-state index contributed by atoms with van der Waals surface area (Å²) in [4.78, 5) is 0. The van der Waals surface area contributed by atoms with Crippen molar-refractivity contribution in [2.45, 2.75) is 46.3 Å². The maximum atomic E-state index is 13.3. The Kier molecular flexibility index (Phi) is 4.69. The van der Waals surface area contributed by atoms with Gasteiger partial charge in [-0.15, -0.1) is 0 Å². The Morgan fingerprint density at radius 3 is 2.67 bits per heavy atom. The SMILES string of the molecule is Cc1c(CNC(C)(C)C)cnn1Cc1cc(F)ccc1Cl. The van der Waals surface area contributed by atoms with Crippen molar-refractivity contribution in [1.29, 1.82) is 0 Å². The zero-order chi connectivity index (χ0) is 15.6. The topological polar surface area (TPSA) is 29.9 Å². The van der Waals surface area contributed by atoms with Crippen LogP contribution in [0.15, 0.2) is 24.4 Å². The molecule has 0 saturated carbocycles. The van der Waals surface area contributed by atoms with Gasteiger partial charge in [0.25, 0.3) is 0 Å². The molecule has 1 heterocycles. The van der Waals surface area contributed by atoms with E-state index >= 15 is 0 Å². The van der Waals surface area contributed by atoms with Gasteiger partial charge in [-0.25, -0.2) is 4.39 Å². The van der Waals surface area contributed by atoms with E-state index in [-0.39, 0.29) is 11.4 Å². The standard InChI is InChI=1S/C16H21ClFN3/c1-11-13(8-19-16(2,3)4)9-20-21(11)10-12-7-14(18)5-6-15(12)17/h5-7,9,19H,8,10H2,1-4H3. The molecule has 5 heteroatoms. The molecule has 3 nitrogen and oxygen atoms in total. The van der Waals surface area contributed by atoms with E-state index in [2.05, 4.69) is 31.2 Å². The Labute approximate surface area is 130 Å². The van der Waals surface area contributed by atoms with Gasteiger partial charge in [0.05, 0.1) is 12.7 Å². The van der Waals surface area contributed by atoms with Crippen LogP contribution in [0, 0.1) is 12.7 Å². The van der Waals surface area contributed by atoms with Crippen LogP contribution in [0.3, 0.4) is 0 Å². The number of nitrogens with one attached hydrogen (secondary N) is 1. The fraction of sp³-hybridized carbons (Fsp3) is 0.438. The Morgan fingerprint density at radius 1 is 1.29 bits per heavy atom. The molecule has 0 atom stereocenters. The smallest absolute Gasteiger partial charge is 0.123 e. The van der Waals surface area contributed by atoms with E-state index in [1.807, 2.05) is 17.8 Å². The van der Waals surface area contributed by atoms with Crippen LogP contribution < -0.4 is 5.32 Å². The molecule has 0 fully saturated rings. The van der Waals surface area contributed by atoms with E-state index in [0.717, 1.165) is 23.4 Å². The summed E-state index contributed by atoms with van der Waals surface area (Å²) in [5, 5.41) is 8.37. The quantitative estimate of drug-likeness (QED) is 0.927. The van der Waals surface area contributed by atoms with Gasteiger partial charge in [0.1, 0.15) is 5.82 Å². The van der Waals surface area contributed by atoms with Crippen molar-refractivity contribution in [1.82, 2.24) is 15.1 Å². The van der Waals surface area contributed by atoms with Crippen molar-refractivity contribution in [3.63, 3.8) is 0 Å². The monoisotopic (exact) mass is 309 g/mol. The minimum absolute atomic E-state index is 0.0560. The number of nitrogens with zero attached hydrogens (tertiary/aromatic N) is 2. The Balaban J connectivity index is 2.15. The van der Waals surface area contributed by atoms with Crippen molar-refractivity contribution in [2.24, 2.45) is 0 Å². The molecule has 114 valence electrons. The van der Waals surface area contributed by atoms with Gasteiger partial charge in [-0.2, -0.15) is 5.10 Å². The molecule has 0 bridgehead atoms. The second-order valence-corrected chi connectivity index (χ2v) is 6.66. The van der Waals surface area contributed by atoms with Gasteiger partial charge in [-0.05, 0) is 51.5 Å². The van der Waals surface area contributed by atoms with Gasteiger partial charge in [-0.3, -0.25) is 4.68 Å². The fourth-order valence-corrected chi connectivity index (χ4v) is 2.18. The third-order valence-corrected chi connectivity index (χ3v) is 3.71. The molecule has 1 aromatic carbocycles. The van der Waals surface area contributed by atoms with Crippen molar-refractivity contribution >= 4 is 11.6 Å². The first-order valence-electron chi connectivity index (χ1n) is 6.96. The minimum atomic E-state index is -0.283. The predicted octanol–water partition coefficient (Wildman–Crippen LogP) is 3.92. The van der Waals surface area contributed by atoms with Gasteiger partial charge >= 0.3 is 0 Å². The largest absolute Gasteiger partial charge is 0.308 e. The number of aromatic nitrogens is 2. The number of benzene rings is 1. The normalized spacial score (nSPS) is 11.9. The van der Waals surface area contributed by atoms with E-state index in [4.69, 9.17) is 11.6 Å². The van der Waals surface area contributed by atoms with E-state index in [1.165, 1.54) is 12.1 Å². The summed E-state index contributed by atoms with van der Waals surface area (Å²) >= 11 is 6.11. The average Bonchev–Trinajstić information content (AvgIpc) is 2.72. The molecule has 0 aliphatic carbocycles. The summed E-state index contributed by atoms with van der Waals surface area (Å²) in [6.45, 7) is 9.61. The maximum Gasteiger partial charge on any atom is 0.123 e. The molecule has 2 rings (SSSR count). The molecule has 0 spiro atoms.